The summed E-state index contributed by atoms with van der Waals surface area (Å²) < 4.78 is 12.7. The summed E-state index contributed by atoms with van der Waals surface area (Å²) in [5.74, 6) is 0.896. The molecule has 0 atom stereocenters. The van der Waals surface area contributed by atoms with Crippen molar-refractivity contribution in [2.75, 3.05) is 57.5 Å². The number of piperidine rings is 1. The average molecular weight is 529 g/mol. The molecule has 1 spiro atoms. The zero-order valence-corrected chi connectivity index (χ0v) is 21.6. The fourth-order valence-electron chi connectivity index (χ4n) is 5.22. The first-order chi connectivity index (χ1) is 17.6. The van der Waals surface area contributed by atoms with Crippen LogP contribution >= 0.6 is 23.4 Å². The second kappa shape index (κ2) is 10.3. The number of rotatable bonds is 5. The molecule has 3 fully saturated rings. The van der Waals surface area contributed by atoms with Gasteiger partial charge in [0.05, 0.1) is 61.1 Å². The minimum Gasteiger partial charge on any atom is -0.381 e. The smallest absolute Gasteiger partial charge is 0.263 e. The highest BCUT2D eigenvalue weighted by Crippen LogP contribution is 2.40. The maximum Gasteiger partial charge on any atom is 0.263 e. The predicted molar refractivity (Wildman–Crippen MR) is 139 cm³/mol. The van der Waals surface area contributed by atoms with Crippen molar-refractivity contribution in [3.8, 4) is 0 Å². The largest absolute Gasteiger partial charge is 0.381 e. The quantitative estimate of drug-likeness (QED) is 0.495. The molecule has 1 aromatic carbocycles. The first kappa shape index (κ1) is 24.1. The van der Waals surface area contributed by atoms with Gasteiger partial charge in [0.1, 0.15) is 10.8 Å². The fourth-order valence-corrected chi connectivity index (χ4v) is 6.34. The number of halogens is 1. The van der Waals surface area contributed by atoms with Crippen LogP contribution in [0.3, 0.4) is 0 Å². The monoisotopic (exact) mass is 528 g/mol. The normalized spacial score (nSPS) is 20.4. The lowest BCUT2D eigenvalue weighted by atomic mass is 9.78. The van der Waals surface area contributed by atoms with Crippen molar-refractivity contribution >= 4 is 40.1 Å². The summed E-state index contributed by atoms with van der Waals surface area (Å²) in [7, 11) is 0. The summed E-state index contributed by atoms with van der Waals surface area (Å²) >= 11 is 8.16. The standard InChI is InChI=1S/C25H29ClN6O3S/c26-23-19(2-1-18-22(23)24(33)32(16-29-18)17-30-8-11-34-12-9-30)36-21-14-27-20(13-28-21)31-6-3-25(4-7-31)5-10-35-15-25/h1-2,13-14,16H,3-12,15,17H2. The van der Waals surface area contributed by atoms with E-state index in [0.29, 0.717) is 41.2 Å². The number of hydrogen-bond acceptors (Lipinski definition) is 9. The summed E-state index contributed by atoms with van der Waals surface area (Å²) in [5, 5.41) is 1.56. The summed E-state index contributed by atoms with van der Waals surface area (Å²) in [6.07, 6.45) is 8.64. The van der Waals surface area contributed by atoms with E-state index in [9.17, 15) is 4.79 Å². The molecule has 36 heavy (non-hydrogen) atoms. The van der Waals surface area contributed by atoms with Crippen molar-refractivity contribution in [2.24, 2.45) is 5.41 Å². The molecule has 11 heteroatoms. The van der Waals surface area contributed by atoms with Crippen molar-refractivity contribution in [1.82, 2.24) is 24.4 Å². The molecule has 0 radical (unpaired) electrons. The average Bonchev–Trinajstić information content (AvgIpc) is 3.36. The molecule has 5 heterocycles. The van der Waals surface area contributed by atoms with E-state index in [4.69, 9.17) is 21.1 Å². The molecule has 3 aliphatic heterocycles. The van der Waals surface area contributed by atoms with Crippen LogP contribution in [0, 0.1) is 5.41 Å². The molecule has 3 aromatic rings. The maximum atomic E-state index is 13.3. The van der Waals surface area contributed by atoms with Gasteiger partial charge in [0.15, 0.2) is 0 Å². The lowest BCUT2D eigenvalue weighted by Gasteiger charge is -2.38. The Labute approximate surface area is 218 Å². The molecular weight excluding hydrogens is 500 g/mol. The Morgan fingerprint density at radius 1 is 0.972 bits per heavy atom. The molecule has 0 saturated carbocycles. The third-order valence-electron chi connectivity index (χ3n) is 7.51. The Bertz CT molecular complexity index is 1280. The molecule has 0 unspecified atom stereocenters. The molecule has 0 N–H and O–H groups in total. The van der Waals surface area contributed by atoms with Gasteiger partial charge in [-0.1, -0.05) is 23.4 Å². The van der Waals surface area contributed by atoms with E-state index in [0.717, 1.165) is 68.0 Å². The number of fused-ring (bicyclic) bond motifs is 1. The van der Waals surface area contributed by atoms with E-state index in [1.165, 1.54) is 18.2 Å². The fraction of sp³-hybridized carbons (Fsp3) is 0.520. The van der Waals surface area contributed by atoms with Crippen molar-refractivity contribution in [2.45, 2.75) is 35.9 Å². The van der Waals surface area contributed by atoms with Gasteiger partial charge in [0, 0.05) is 37.7 Å². The Morgan fingerprint density at radius 3 is 2.53 bits per heavy atom. The number of aromatic nitrogens is 4. The van der Waals surface area contributed by atoms with Crippen LogP contribution in [0.25, 0.3) is 10.9 Å². The zero-order valence-electron chi connectivity index (χ0n) is 20.1. The third kappa shape index (κ3) is 4.84. The summed E-state index contributed by atoms with van der Waals surface area (Å²) in [5.41, 5.74) is 0.808. The highest BCUT2D eigenvalue weighted by Gasteiger charge is 2.38. The van der Waals surface area contributed by atoms with Gasteiger partial charge in [0.25, 0.3) is 5.56 Å². The molecule has 0 amide bonds. The molecule has 6 rings (SSSR count). The van der Waals surface area contributed by atoms with E-state index in [-0.39, 0.29) is 5.56 Å². The van der Waals surface area contributed by atoms with Crippen LogP contribution in [0.2, 0.25) is 5.02 Å². The molecule has 0 aliphatic carbocycles. The molecule has 3 saturated heterocycles. The molecule has 2 aromatic heterocycles. The van der Waals surface area contributed by atoms with Gasteiger partial charge in [-0.15, -0.1) is 0 Å². The van der Waals surface area contributed by atoms with Crippen LogP contribution in [0.15, 0.2) is 45.6 Å². The van der Waals surface area contributed by atoms with Gasteiger partial charge in [-0.25, -0.2) is 15.0 Å². The van der Waals surface area contributed by atoms with Crippen molar-refractivity contribution in [1.29, 1.82) is 0 Å². The first-order valence-electron chi connectivity index (χ1n) is 12.4. The van der Waals surface area contributed by atoms with E-state index in [1.54, 1.807) is 17.1 Å². The topological polar surface area (TPSA) is 85.6 Å². The molecule has 190 valence electrons. The zero-order chi connectivity index (χ0) is 24.5. The highest BCUT2D eigenvalue weighted by atomic mass is 35.5. The van der Waals surface area contributed by atoms with E-state index < -0.39 is 0 Å². The summed E-state index contributed by atoms with van der Waals surface area (Å²) in [4.78, 5) is 32.3. The predicted octanol–water partition coefficient (Wildman–Crippen LogP) is 3.29. The Morgan fingerprint density at radius 2 is 1.81 bits per heavy atom. The minimum absolute atomic E-state index is 0.143. The van der Waals surface area contributed by atoms with Crippen LogP contribution in [0.4, 0.5) is 5.82 Å². The maximum absolute atomic E-state index is 13.3. The SMILES string of the molecule is O=c1c2c(Cl)c(Sc3cnc(N4CCC5(CCOC5)CC4)cn3)ccc2ncn1CN1CCOCC1. The second-order valence-electron chi connectivity index (χ2n) is 9.77. The van der Waals surface area contributed by atoms with Crippen molar-refractivity contribution in [3.05, 3.63) is 46.2 Å². The minimum atomic E-state index is -0.143. The van der Waals surface area contributed by atoms with Gasteiger partial charge in [0.2, 0.25) is 0 Å². The Hall–Kier alpha value is -2.24. The van der Waals surface area contributed by atoms with E-state index >= 15 is 0 Å². The number of benzene rings is 1. The highest BCUT2D eigenvalue weighted by molar-refractivity contribution is 7.99. The molecule has 3 aliphatic rings. The van der Waals surface area contributed by atoms with Gasteiger partial charge in [-0.2, -0.15) is 0 Å². The number of anilines is 1. The molecule has 9 nitrogen and oxygen atoms in total. The summed E-state index contributed by atoms with van der Waals surface area (Å²) in [6.45, 7) is 7.12. The van der Waals surface area contributed by atoms with Gasteiger partial charge >= 0.3 is 0 Å². The van der Waals surface area contributed by atoms with Crippen LogP contribution in [0.1, 0.15) is 19.3 Å². The Balaban J connectivity index is 1.17. The number of morpholine rings is 1. The van der Waals surface area contributed by atoms with Crippen LogP contribution in [-0.2, 0) is 16.1 Å². The Kier molecular flexibility index (Phi) is 6.87. The van der Waals surface area contributed by atoms with Crippen molar-refractivity contribution in [3.63, 3.8) is 0 Å². The number of ether oxygens (including phenoxy) is 2. The first-order valence-corrected chi connectivity index (χ1v) is 13.6. The summed E-state index contributed by atoms with van der Waals surface area (Å²) in [6, 6.07) is 3.72. The number of nitrogens with zero attached hydrogens (tertiary/aromatic N) is 6. The van der Waals surface area contributed by atoms with Gasteiger partial charge in [-0.05, 0) is 36.8 Å². The van der Waals surface area contributed by atoms with Crippen LogP contribution in [-0.4, -0.2) is 77.0 Å². The number of hydrogen-bond donors (Lipinski definition) is 0. The lowest BCUT2D eigenvalue weighted by Crippen LogP contribution is -2.40. The van der Waals surface area contributed by atoms with E-state index in [2.05, 4.69) is 24.8 Å². The lowest BCUT2D eigenvalue weighted by molar-refractivity contribution is 0.0228. The van der Waals surface area contributed by atoms with Crippen LogP contribution < -0.4 is 10.5 Å². The third-order valence-corrected chi connectivity index (χ3v) is 9.00. The molecule has 0 bridgehead atoms. The van der Waals surface area contributed by atoms with E-state index in [1.807, 2.05) is 18.3 Å². The van der Waals surface area contributed by atoms with Gasteiger partial charge < -0.3 is 14.4 Å². The molecular formula is C25H29ClN6O3S. The van der Waals surface area contributed by atoms with Crippen molar-refractivity contribution < 1.29 is 9.47 Å². The van der Waals surface area contributed by atoms with Crippen LogP contribution in [0.5, 0.6) is 0 Å². The second-order valence-corrected chi connectivity index (χ2v) is 11.2. The van der Waals surface area contributed by atoms with Gasteiger partial charge in [-0.3, -0.25) is 14.3 Å².